The van der Waals surface area contributed by atoms with Crippen LogP contribution in [-0.4, -0.2) is 33.3 Å². The average Bonchev–Trinajstić information content (AvgIpc) is 3.80. The van der Waals surface area contributed by atoms with E-state index < -0.39 is 0 Å². The van der Waals surface area contributed by atoms with Crippen molar-refractivity contribution in [3.8, 4) is 28.6 Å². The summed E-state index contributed by atoms with van der Waals surface area (Å²) in [5, 5.41) is 1.95. The molecule has 0 radical (unpaired) electrons. The van der Waals surface area contributed by atoms with Crippen LogP contribution in [0.5, 0.6) is 11.5 Å². The van der Waals surface area contributed by atoms with Gasteiger partial charge in [0.1, 0.15) is 23.0 Å². The molecule has 4 aromatic carbocycles. The highest BCUT2D eigenvalue weighted by Gasteiger charge is 2.21. The van der Waals surface area contributed by atoms with Gasteiger partial charge in [-0.25, -0.2) is 15.0 Å². The van der Waals surface area contributed by atoms with Crippen molar-refractivity contribution in [3.05, 3.63) is 139 Å². The number of para-hydroxylation sites is 4. The Kier molecular flexibility index (Phi) is 5.97. The lowest BCUT2D eigenvalue weighted by Gasteiger charge is -2.19. The number of pyridine rings is 3. The van der Waals surface area contributed by atoms with Crippen molar-refractivity contribution in [3.63, 3.8) is 0 Å². The predicted molar refractivity (Wildman–Crippen MR) is 200 cm³/mol. The smallest absolute Gasteiger partial charge is 0.221 e. The summed E-state index contributed by atoms with van der Waals surface area (Å²) in [5.74, 6) is 2.96. The molecule has 0 bridgehead atoms. The van der Waals surface area contributed by atoms with Gasteiger partial charge in [-0.1, -0.05) is 51.1 Å². The van der Waals surface area contributed by atoms with E-state index in [9.17, 15) is 0 Å². The van der Waals surface area contributed by atoms with E-state index in [1.165, 1.54) is 5.56 Å². The molecule has 8 nitrogen and oxygen atoms in total. The molecule has 0 aliphatic heterocycles. The summed E-state index contributed by atoms with van der Waals surface area (Å²) >= 11 is 0. The van der Waals surface area contributed by atoms with Crippen molar-refractivity contribution in [1.82, 2.24) is 33.3 Å². The summed E-state index contributed by atoms with van der Waals surface area (Å²) in [5.41, 5.74) is 9.80. The standard InChI is InChI=1S/C42H31N7O/c1-42(2,3)28-17-20-43-32(24-28)27-22-26-18-21-47-33-12-6-4-10-30(33)45-40(47)39(26)37(23-27)50-29-15-16-35-36(25-29)49(38-14-8-9-19-44-38)41-46-31-11-5-7-13-34(31)48(35)41/h4-25H,1-3H3. The number of nitrogens with zero attached hydrogens (tertiary/aromatic N) is 7. The molecule has 0 amide bonds. The van der Waals surface area contributed by atoms with Crippen LogP contribution in [0.1, 0.15) is 26.3 Å². The molecule has 0 saturated heterocycles. The van der Waals surface area contributed by atoms with Crippen molar-refractivity contribution in [2.75, 3.05) is 0 Å². The number of hydrogen-bond acceptors (Lipinski definition) is 5. The van der Waals surface area contributed by atoms with Gasteiger partial charge < -0.3 is 4.74 Å². The van der Waals surface area contributed by atoms with Crippen molar-refractivity contribution in [2.24, 2.45) is 0 Å². The number of aromatic nitrogens is 7. The van der Waals surface area contributed by atoms with E-state index in [4.69, 9.17) is 24.7 Å². The lowest BCUT2D eigenvalue weighted by molar-refractivity contribution is 0.489. The molecule has 8 heteroatoms. The highest BCUT2D eigenvalue weighted by molar-refractivity contribution is 6.04. The van der Waals surface area contributed by atoms with Crippen LogP contribution < -0.4 is 4.74 Å². The minimum Gasteiger partial charge on any atom is -0.456 e. The van der Waals surface area contributed by atoms with Crippen LogP contribution in [0, 0.1) is 0 Å². The fourth-order valence-corrected chi connectivity index (χ4v) is 7.10. The van der Waals surface area contributed by atoms with Crippen molar-refractivity contribution >= 4 is 55.3 Å². The normalized spacial score (nSPS) is 12.3. The molecule has 240 valence electrons. The van der Waals surface area contributed by atoms with Gasteiger partial charge in [0.05, 0.1) is 44.2 Å². The Bertz CT molecular complexity index is 2950. The molecule has 0 aliphatic rings. The van der Waals surface area contributed by atoms with Crippen LogP contribution in [0.4, 0.5) is 0 Å². The average molecular weight is 650 g/mol. The molecule has 0 fully saturated rings. The molecule has 6 aromatic heterocycles. The fourth-order valence-electron chi connectivity index (χ4n) is 7.10. The molecule has 0 spiro atoms. The van der Waals surface area contributed by atoms with Gasteiger partial charge in [-0.2, -0.15) is 0 Å². The molecule has 10 aromatic rings. The predicted octanol–water partition coefficient (Wildman–Crippen LogP) is 9.93. The Morgan fingerprint density at radius 1 is 0.640 bits per heavy atom. The van der Waals surface area contributed by atoms with Crippen LogP contribution in [0.2, 0.25) is 0 Å². The number of hydrogen-bond donors (Lipinski definition) is 0. The van der Waals surface area contributed by atoms with Gasteiger partial charge in [-0.3, -0.25) is 18.4 Å². The molecular formula is C42H31N7O. The molecular weight excluding hydrogens is 619 g/mol. The molecule has 0 saturated carbocycles. The monoisotopic (exact) mass is 649 g/mol. The fraction of sp³-hybridized carbons (Fsp3) is 0.0952. The van der Waals surface area contributed by atoms with E-state index in [0.29, 0.717) is 11.5 Å². The molecule has 0 atom stereocenters. The number of ether oxygens (including phenoxy) is 1. The van der Waals surface area contributed by atoms with Gasteiger partial charge in [0, 0.05) is 30.2 Å². The second-order valence-electron chi connectivity index (χ2n) is 13.7. The van der Waals surface area contributed by atoms with E-state index in [1.807, 2.05) is 66.9 Å². The lowest BCUT2D eigenvalue weighted by Crippen LogP contribution is -2.11. The van der Waals surface area contributed by atoms with Gasteiger partial charge in [0.15, 0.2) is 0 Å². The Labute approximate surface area is 286 Å². The van der Waals surface area contributed by atoms with Crippen LogP contribution in [0.3, 0.4) is 0 Å². The zero-order chi connectivity index (χ0) is 33.6. The first-order valence-corrected chi connectivity index (χ1v) is 16.7. The third kappa shape index (κ3) is 4.31. The first-order chi connectivity index (χ1) is 24.4. The van der Waals surface area contributed by atoms with Crippen molar-refractivity contribution < 1.29 is 4.74 Å². The number of rotatable bonds is 4. The second-order valence-corrected chi connectivity index (χ2v) is 13.7. The Morgan fingerprint density at radius 3 is 2.26 bits per heavy atom. The topological polar surface area (TPSA) is 74.5 Å². The zero-order valence-electron chi connectivity index (χ0n) is 27.7. The number of benzene rings is 4. The summed E-state index contributed by atoms with van der Waals surface area (Å²) < 4.78 is 13.4. The first kappa shape index (κ1) is 28.5. The summed E-state index contributed by atoms with van der Waals surface area (Å²) in [6.45, 7) is 6.66. The number of imidazole rings is 3. The molecule has 50 heavy (non-hydrogen) atoms. The largest absolute Gasteiger partial charge is 0.456 e. The molecule has 6 heterocycles. The van der Waals surface area contributed by atoms with Crippen molar-refractivity contribution in [2.45, 2.75) is 26.2 Å². The maximum Gasteiger partial charge on any atom is 0.221 e. The van der Waals surface area contributed by atoms with Gasteiger partial charge in [-0.15, -0.1) is 0 Å². The number of fused-ring (bicyclic) bond motifs is 10. The van der Waals surface area contributed by atoms with Crippen LogP contribution in [-0.2, 0) is 5.41 Å². The first-order valence-electron chi connectivity index (χ1n) is 16.7. The molecule has 10 rings (SSSR count). The highest BCUT2D eigenvalue weighted by Crippen LogP contribution is 2.40. The van der Waals surface area contributed by atoms with Gasteiger partial charge in [-0.05, 0) is 95.2 Å². The highest BCUT2D eigenvalue weighted by atomic mass is 16.5. The SMILES string of the molecule is CC(C)(C)c1ccnc(-c2cc(Oc3ccc4c(c3)n(-c3ccccn3)c3nc5ccccc5n43)c3c(ccn4c5ccccc5nc34)c2)c1. The lowest BCUT2D eigenvalue weighted by atomic mass is 9.87. The van der Waals surface area contributed by atoms with E-state index in [0.717, 1.165) is 72.4 Å². The van der Waals surface area contributed by atoms with E-state index >= 15 is 0 Å². The van der Waals surface area contributed by atoms with Crippen molar-refractivity contribution in [1.29, 1.82) is 0 Å². The Hall–Kier alpha value is -6.54. The third-order valence-electron chi connectivity index (χ3n) is 9.55. The quantitative estimate of drug-likeness (QED) is 0.190. The Balaban J connectivity index is 1.22. The maximum atomic E-state index is 6.97. The van der Waals surface area contributed by atoms with Crippen LogP contribution in [0.15, 0.2) is 134 Å². The summed E-state index contributed by atoms with van der Waals surface area (Å²) in [6, 6.07) is 39.2. The Morgan fingerprint density at radius 2 is 1.44 bits per heavy atom. The summed E-state index contributed by atoms with van der Waals surface area (Å²) in [6.07, 6.45) is 5.79. The molecule has 0 unspecified atom stereocenters. The van der Waals surface area contributed by atoms with E-state index in [2.05, 4.69) is 94.9 Å². The maximum absolute atomic E-state index is 6.97. The molecule has 0 aliphatic carbocycles. The minimum atomic E-state index is -0.0149. The summed E-state index contributed by atoms with van der Waals surface area (Å²) in [7, 11) is 0. The van der Waals surface area contributed by atoms with E-state index in [1.54, 1.807) is 6.20 Å². The van der Waals surface area contributed by atoms with Gasteiger partial charge in [0.2, 0.25) is 5.78 Å². The summed E-state index contributed by atoms with van der Waals surface area (Å²) in [4.78, 5) is 19.7. The second kappa shape index (κ2) is 10.5. The van der Waals surface area contributed by atoms with E-state index in [-0.39, 0.29) is 5.41 Å². The van der Waals surface area contributed by atoms with Gasteiger partial charge >= 0.3 is 0 Å². The van der Waals surface area contributed by atoms with Crippen LogP contribution >= 0.6 is 0 Å². The zero-order valence-corrected chi connectivity index (χ0v) is 27.7. The molecule has 0 N–H and O–H groups in total. The third-order valence-corrected chi connectivity index (χ3v) is 9.55. The van der Waals surface area contributed by atoms with Gasteiger partial charge in [0.25, 0.3) is 0 Å². The minimum absolute atomic E-state index is 0.0149. The van der Waals surface area contributed by atoms with Crippen LogP contribution in [0.25, 0.3) is 72.4 Å².